The van der Waals surface area contributed by atoms with Crippen LogP contribution in [-0.2, 0) is 6.54 Å². The zero-order valence-corrected chi connectivity index (χ0v) is 11.8. The van der Waals surface area contributed by atoms with Gasteiger partial charge in [0.1, 0.15) is 5.69 Å². The van der Waals surface area contributed by atoms with Gasteiger partial charge in [-0.2, -0.15) is 5.10 Å². The van der Waals surface area contributed by atoms with E-state index in [9.17, 15) is 4.79 Å². The number of aromatic nitrogens is 2. The van der Waals surface area contributed by atoms with Gasteiger partial charge < -0.3 is 4.74 Å². The minimum atomic E-state index is 0.0325. The highest BCUT2D eigenvalue weighted by Crippen LogP contribution is 2.23. The van der Waals surface area contributed by atoms with Crippen LogP contribution in [-0.4, -0.2) is 28.4 Å². The lowest BCUT2D eigenvalue weighted by atomic mass is 10.3. The molecule has 0 atom stereocenters. The molecule has 0 unspecified atom stereocenters. The molecule has 4 nitrogen and oxygen atoms in total. The SMILES string of the molecule is CCn1ncc(OC)c1C(=O)CSc1ccccc1. The van der Waals surface area contributed by atoms with Crippen LogP contribution in [0.15, 0.2) is 41.4 Å². The van der Waals surface area contributed by atoms with Crippen molar-refractivity contribution in [2.24, 2.45) is 0 Å². The molecular formula is C14H16N2O2S. The van der Waals surface area contributed by atoms with Crippen molar-refractivity contribution in [3.05, 3.63) is 42.2 Å². The Kier molecular flexibility index (Phi) is 4.63. The van der Waals surface area contributed by atoms with E-state index in [0.29, 0.717) is 23.7 Å². The molecule has 0 spiro atoms. The second-order valence-corrected chi connectivity index (χ2v) is 4.95. The van der Waals surface area contributed by atoms with Crippen LogP contribution in [0.2, 0.25) is 0 Å². The Morgan fingerprint density at radius 2 is 2.11 bits per heavy atom. The van der Waals surface area contributed by atoms with Gasteiger partial charge in [-0.15, -0.1) is 11.8 Å². The fourth-order valence-corrected chi connectivity index (χ4v) is 2.56. The Balaban J connectivity index is 2.09. The van der Waals surface area contributed by atoms with Crippen molar-refractivity contribution < 1.29 is 9.53 Å². The van der Waals surface area contributed by atoms with Crippen LogP contribution < -0.4 is 4.74 Å². The molecule has 0 saturated carbocycles. The molecule has 0 aliphatic rings. The molecule has 1 heterocycles. The summed E-state index contributed by atoms with van der Waals surface area (Å²) in [7, 11) is 1.55. The molecule has 0 bridgehead atoms. The number of nitrogens with zero attached hydrogens (tertiary/aromatic N) is 2. The van der Waals surface area contributed by atoms with Crippen LogP contribution in [0.1, 0.15) is 17.4 Å². The molecule has 0 fully saturated rings. The first-order chi connectivity index (χ1) is 9.26. The Hall–Kier alpha value is -1.75. The number of Topliss-reactive ketones (excluding diaryl/α,β-unsaturated/α-hetero) is 1. The number of hydrogen-bond acceptors (Lipinski definition) is 4. The molecule has 0 saturated heterocycles. The van der Waals surface area contributed by atoms with Gasteiger partial charge in [-0.05, 0) is 19.1 Å². The van der Waals surface area contributed by atoms with Gasteiger partial charge >= 0.3 is 0 Å². The van der Waals surface area contributed by atoms with Crippen molar-refractivity contribution in [2.75, 3.05) is 12.9 Å². The second kappa shape index (κ2) is 6.43. The molecule has 0 aliphatic carbocycles. The summed E-state index contributed by atoms with van der Waals surface area (Å²) in [5, 5.41) is 4.14. The van der Waals surface area contributed by atoms with Crippen LogP contribution in [0.4, 0.5) is 0 Å². The number of thioether (sulfide) groups is 1. The molecule has 1 aromatic heterocycles. The summed E-state index contributed by atoms with van der Waals surface area (Å²) in [6.07, 6.45) is 1.59. The predicted molar refractivity (Wildman–Crippen MR) is 75.9 cm³/mol. The summed E-state index contributed by atoms with van der Waals surface area (Å²) in [4.78, 5) is 13.4. The maximum atomic E-state index is 12.3. The number of ketones is 1. The summed E-state index contributed by atoms with van der Waals surface area (Å²) >= 11 is 1.52. The topological polar surface area (TPSA) is 44.1 Å². The number of carbonyl (C=O) groups excluding carboxylic acids is 1. The summed E-state index contributed by atoms with van der Waals surface area (Å²) in [6, 6.07) is 9.87. The molecule has 5 heteroatoms. The molecule has 2 aromatic rings. The maximum absolute atomic E-state index is 12.3. The van der Waals surface area contributed by atoms with E-state index in [4.69, 9.17) is 4.74 Å². The number of hydrogen-bond donors (Lipinski definition) is 0. The molecule has 0 radical (unpaired) electrons. The fourth-order valence-electron chi connectivity index (χ4n) is 1.77. The van der Waals surface area contributed by atoms with Crippen molar-refractivity contribution >= 4 is 17.5 Å². The van der Waals surface area contributed by atoms with E-state index in [2.05, 4.69) is 5.10 Å². The van der Waals surface area contributed by atoms with E-state index < -0.39 is 0 Å². The van der Waals surface area contributed by atoms with Gasteiger partial charge in [0.25, 0.3) is 0 Å². The quantitative estimate of drug-likeness (QED) is 0.601. The lowest BCUT2D eigenvalue weighted by molar-refractivity contribution is 0.100. The average molecular weight is 276 g/mol. The molecule has 19 heavy (non-hydrogen) atoms. The van der Waals surface area contributed by atoms with Crippen molar-refractivity contribution in [3.63, 3.8) is 0 Å². The van der Waals surface area contributed by atoms with E-state index in [0.717, 1.165) is 4.90 Å². The van der Waals surface area contributed by atoms with Gasteiger partial charge in [0.05, 0.1) is 19.1 Å². The smallest absolute Gasteiger partial charge is 0.194 e. The van der Waals surface area contributed by atoms with E-state index in [1.54, 1.807) is 18.0 Å². The molecule has 0 N–H and O–H groups in total. The number of ether oxygens (including phenoxy) is 1. The Morgan fingerprint density at radius 3 is 2.74 bits per heavy atom. The van der Waals surface area contributed by atoms with Crippen molar-refractivity contribution in [1.29, 1.82) is 0 Å². The molecule has 0 amide bonds. The summed E-state index contributed by atoms with van der Waals surface area (Å²) in [5.41, 5.74) is 0.549. The third-order valence-electron chi connectivity index (χ3n) is 2.70. The van der Waals surface area contributed by atoms with E-state index >= 15 is 0 Å². The number of benzene rings is 1. The summed E-state index contributed by atoms with van der Waals surface area (Å²) < 4.78 is 6.86. The third-order valence-corrected chi connectivity index (χ3v) is 3.71. The van der Waals surface area contributed by atoms with Crippen molar-refractivity contribution in [1.82, 2.24) is 9.78 Å². The second-order valence-electron chi connectivity index (χ2n) is 3.90. The van der Waals surface area contributed by atoms with Crippen LogP contribution >= 0.6 is 11.8 Å². The predicted octanol–water partition coefficient (Wildman–Crippen LogP) is 2.89. The highest BCUT2D eigenvalue weighted by molar-refractivity contribution is 8.00. The molecule has 100 valence electrons. The van der Waals surface area contributed by atoms with Crippen LogP contribution in [0, 0.1) is 0 Å². The first-order valence-corrected chi connectivity index (χ1v) is 7.05. The van der Waals surface area contributed by atoms with Gasteiger partial charge in [-0.25, -0.2) is 0 Å². The Labute approximate surface area is 116 Å². The molecule has 2 rings (SSSR count). The average Bonchev–Trinajstić information content (AvgIpc) is 2.89. The standard InChI is InChI=1S/C14H16N2O2S/c1-3-16-14(13(18-2)9-15-16)12(17)10-19-11-7-5-4-6-8-11/h4-9H,3,10H2,1-2H3. The summed E-state index contributed by atoms with van der Waals surface area (Å²) in [5.74, 6) is 0.956. The van der Waals surface area contributed by atoms with Gasteiger partial charge in [0, 0.05) is 11.4 Å². The molecule has 0 aliphatic heterocycles. The monoisotopic (exact) mass is 276 g/mol. The van der Waals surface area contributed by atoms with Crippen LogP contribution in [0.5, 0.6) is 5.75 Å². The zero-order chi connectivity index (χ0) is 13.7. The van der Waals surface area contributed by atoms with Gasteiger partial charge in [0.15, 0.2) is 11.5 Å². The van der Waals surface area contributed by atoms with E-state index in [1.807, 2.05) is 37.3 Å². The molecule has 1 aromatic carbocycles. The lowest BCUT2D eigenvalue weighted by Gasteiger charge is -2.06. The summed E-state index contributed by atoms with van der Waals surface area (Å²) in [6.45, 7) is 2.61. The van der Waals surface area contributed by atoms with Crippen LogP contribution in [0.25, 0.3) is 0 Å². The van der Waals surface area contributed by atoms with Crippen molar-refractivity contribution in [3.8, 4) is 5.75 Å². The normalized spacial score (nSPS) is 10.4. The Morgan fingerprint density at radius 1 is 1.37 bits per heavy atom. The molecular weight excluding hydrogens is 260 g/mol. The minimum Gasteiger partial charge on any atom is -0.493 e. The van der Waals surface area contributed by atoms with Gasteiger partial charge in [0.2, 0.25) is 0 Å². The fraction of sp³-hybridized carbons (Fsp3) is 0.286. The highest BCUT2D eigenvalue weighted by atomic mass is 32.2. The van der Waals surface area contributed by atoms with Gasteiger partial charge in [-0.3, -0.25) is 9.48 Å². The first kappa shape index (κ1) is 13.7. The number of aryl methyl sites for hydroxylation is 1. The first-order valence-electron chi connectivity index (χ1n) is 6.07. The maximum Gasteiger partial charge on any atom is 0.194 e. The lowest BCUT2D eigenvalue weighted by Crippen LogP contribution is -2.12. The van der Waals surface area contributed by atoms with E-state index in [1.165, 1.54) is 11.8 Å². The highest BCUT2D eigenvalue weighted by Gasteiger charge is 2.18. The minimum absolute atomic E-state index is 0.0325. The van der Waals surface area contributed by atoms with Crippen molar-refractivity contribution in [2.45, 2.75) is 18.4 Å². The number of methoxy groups -OCH3 is 1. The zero-order valence-electron chi connectivity index (χ0n) is 11.0. The third kappa shape index (κ3) is 3.17. The van der Waals surface area contributed by atoms with Gasteiger partial charge in [-0.1, -0.05) is 18.2 Å². The van der Waals surface area contributed by atoms with E-state index in [-0.39, 0.29) is 5.78 Å². The number of rotatable bonds is 6. The Bertz CT molecular complexity index is 530. The van der Waals surface area contributed by atoms with Crippen LogP contribution in [0.3, 0.4) is 0 Å². The largest absolute Gasteiger partial charge is 0.493 e. The number of carbonyl (C=O) groups is 1.